The lowest BCUT2D eigenvalue weighted by Gasteiger charge is -2.09. The number of pyridine rings is 1. The summed E-state index contributed by atoms with van der Waals surface area (Å²) in [6.45, 7) is 0.933. The summed E-state index contributed by atoms with van der Waals surface area (Å²) in [7, 11) is 1.70. The zero-order chi connectivity index (χ0) is 17.5. The second-order valence-electron chi connectivity index (χ2n) is 5.12. The number of nitrogens with zero attached hydrogens (tertiary/aromatic N) is 4. The first-order valence-corrected chi connectivity index (χ1v) is 8.05. The van der Waals surface area contributed by atoms with Gasteiger partial charge in [-0.05, 0) is 36.4 Å². The highest BCUT2D eigenvalue weighted by molar-refractivity contribution is 6.30. The summed E-state index contributed by atoms with van der Waals surface area (Å²) in [6, 6.07) is 13.0. The van der Waals surface area contributed by atoms with E-state index in [1.54, 1.807) is 25.4 Å². The van der Waals surface area contributed by atoms with Crippen molar-refractivity contribution in [2.45, 2.75) is 13.1 Å². The van der Waals surface area contributed by atoms with Crippen molar-refractivity contribution in [3.63, 3.8) is 0 Å². The summed E-state index contributed by atoms with van der Waals surface area (Å²) in [6.07, 6.45) is 1.75. The van der Waals surface area contributed by atoms with Crippen LogP contribution in [0.3, 0.4) is 0 Å². The van der Waals surface area contributed by atoms with Crippen LogP contribution in [0.25, 0.3) is 11.4 Å². The van der Waals surface area contributed by atoms with Crippen LogP contribution in [-0.4, -0.2) is 28.1 Å². The van der Waals surface area contributed by atoms with Crippen LogP contribution >= 0.6 is 11.6 Å². The SMILES string of the molecule is CN=C(NCc1ccccn1)NCc1nc(-c2ccc(Cl)cc2)no1. The molecule has 0 saturated carbocycles. The van der Waals surface area contributed by atoms with Gasteiger partial charge in [-0.2, -0.15) is 4.98 Å². The van der Waals surface area contributed by atoms with E-state index < -0.39 is 0 Å². The molecule has 2 heterocycles. The van der Waals surface area contributed by atoms with Crippen molar-refractivity contribution in [2.24, 2.45) is 4.99 Å². The number of hydrogen-bond donors (Lipinski definition) is 2. The van der Waals surface area contributed by atoms with E-state index in [0.717, 1.165) is 11.3 Å². The third-order valence-electron chi connectivity index (χ3n) is 3.36. The van der Waals surface area contributed by atoms with Crippen molar-refractivity contribution in [1.29, 1.82) is 0 Å². The van der Waals surface area contributed by atoms with Crippen LogP contribution in [-0.2, 0) is 13.1 Å². The lowest BCUT2D eigenvalue weighted by Crippen LogP contribution is -2.36. The fourth-order valence-corrected chi connectivity index (χ4v) is 2.23. The van der Waals surface area contributed by atoms with Gasteiger partial charge in [-0.3, -0.25) is 9.98 Å². The highest BCUT2D eigenvalue weighted by Gasteiger charge is 2.09. The molecule has 0 spiro atoms. The molecule has 0 unspecified atom stereocenters. The Bertz CT molecular complexity index is 832. The number of nitrogens with one attached hydrogen (secondary N) is 2. The van der Waals surface area contributed by atoms with Gasteiger partial charge >= 0.3 is 0 Å². The normalized spacial score (nSPS) is 11.4. The standard InChI is InChI=1S/C17H17ClN6O/c1-19-17(21-10-14-4-2-3-9-20-14)22-11-15-23-16(24-25-15)12-5-7-13(18)8-6-12/h2-9H,10-11H2,1H3,(H2,19,21,22). The Kier molecular flexibility index (Phi) is 5.58. The monoisotopic (exact) mass is 356 g/mol. The Morgan fingerprint density at radius 3 is 2.64 bits per heavy atom. The molecule has 0 atom stereocenters. The minimum Gasteiger partial charge on any atom is -0.351 e. The van der Waals surface area contributed by atoms with Crippen molar-refractivity contribution in [3.05, 3.63) is 65.3 Å². The first-order valence-electron chi connectivity index (χ1n) is 7.67. The van der Waals surface area contributed by atoms with Crippen LogP contribution < -0.4 is 10.6 Å². The minimum atomic E-state index is 0.364. The van der Waals surface area contributed by atoms with Crippen molar-refractivity contribution in [1.82, 2.24) is 25.8 Å². The fraction of sp³-hybridized carbons (Fsp3) is 0.176. The van der Waals surface area contributed by atoms with E-state index >= 15 is 0 Å². The van der Waals surface area contributed by atoms with E-state index in [2.05, 4.69) is 30.8 Å². The molecular formula is C17H17ClN6O. The van der Waals surface area contributed by atoms with E-state index in [1.165, 1.54) is 0 Å². The summed E-state index contributed by atoms with van der Waals surface area (Å²) in [5.74, 6) is 1.60. The molecule has 7 nitrogen and oxygen atoms in total. The van der Waals surface area contributed by atoms with Gasteiger partial charge in [0.15, 0.2) is 5.96 Å². The van der Waals surface area contributed by atoms with E-state index in [4.69, 9.17) is 16.1 Å². The van der Waals surface area contributed by atoms with Gasteiger partial charge in [-0.25, -0.2) is 0 Å². The Balaban J connectivity index is 1.54. The number of benzene rings is 1. The van der Waals surface area contributed by atoms with Gasteiger partial charge in [-0.1, -0.05) is 22.8 Å². The van der Waals surface area contributed by atoms with Gasteiger partial charge in [0.1, 0.15) is 0 Å². The molecule has 0 aliphatic heterocycles. The van der Waals surface area contributed by atoms with Crippen LogP contribution in [0, 0.1) is 0 Å². The van der Waals surface area contributed by atoms with Gasteiger partial charge in [0.05, 0.1) is 18.8 Å². The third-order valence-corrected chi connectivity index (χ3v) is 3.62. The maximum atomic E-state index is 5.88. The number of aromatic nitrogens is 3. The first kappa shape index (κ1) is 16.9. The van der Waals surface area contributed by atoms with Gasteiger partial charge in [0.2, 0.25) is 11.7 Å². The molecule has 1 aromatic carbocycles. The van der Waals surface area contributed by atoms with Crippen LogP contribution in [0.4, 0.5) is 0 Å². The molecule has 0 amide bonds. The summed E-state index contributed by atoms with van der Waals surface area (Å²) < 4.78 is 5.26. The molecule has 0 radical (unpaired) electrons. The van der Waals surface area contributed by atoms with Gasteiger partial charge < -0.3 is 15.2 Å². The number of aliphatic imine (C=N–C) groups is 1. The predicted molar refractivity (Wildman–Crippen MR) is 96.0 cm³/mol. The van der Waals surface area contributed by atoms with Gasteiger partial charge in [0, 0.05) is 23.8 Å². The van der Waals surface area contributed by atoms with Crippen molar-refractivity contribution < 1.29 is 4.52 Å². The van der Waals surface area contributed by atoms with Crippen LogP contribution in [0.5, 0.6) is 0 Å². The fourth-order valence-electron chi connectivity index (χ4n) is 2.10. The van der Waals surface area contributed by atoms with E-state index in [0.29, 0.717) is 35.8 Å². The van der Waals surface area contributed by atoms with Gasteiger partial charge in [0.25, 0.3) is 0 Å². The molecule has 0 aliphatic rings. The topological polar surface area (TPSA) is 88.2 Å². The highest BCUT2D eigenvalue weighted by atomic mass is 35.5. The molecular weight excluding hydrogens is 340 g/mol. The van der Waals surface area contributed by atoms with E-state index in [-0.39, 0.29) is 0 Å². The zero-order valence-corrected chi connectivity index (χ0v) is 14.4. The van der Waals surface area contributed by atoms with Crippen molar-refractivity contribution in [3.8, 4) is 11.4 Å². The second kappa shape index (κ2) is 8.25. The van der Waals surface area contributed by atoms with Gasteiger partial charge in [-0.15, -0.1) is 0 Å². The quantitative estimate of drug-likeness (QED) is 0.539. The number of hydrogen-bond acceptors (Lipinski definition) is 5. The predicted octanol–water partition coefficient (Wildman–Crippen LogP) is 2.65. The summed E-state index contributed by atoms with van der Waals surface area (Å²) >= 11 is 5.88. The molecule has 3 rings (SSSR count). The highest BCUT2D eigenvalue weighted by Crippen LogP contribution is 2.18. The van der Waals surface area contributed by atoms with E-state index in [1.807, 2.05) is 30.3 Å². The lowest BCUT2D eigenvalue weighted by molar-refractivity contribution is 0.375. The Morgan fingerprint density at radius 2 is 1.92 bits per heavy atom. The number of guanidine groups is 1. The van der Waals surface area contributed by atoms with Crippen molar-refractivity contribution >= 4 is 17.6 Å². The molecule has 3 aromatic rings. The molecule has 2 aromatic heterocycles. The largest absolute Gasteiger partial charge is 0.351 e. The first-order chi connectivity index (χ1) is 12.2. The molecule has 0 aliphatic carbocycles. The minimum absolute atomic E-state index is 0.364. The Labute approximate surface area is 150 Å². The molecule has 0 fully saturated rings. The average Bonchev–Trinajstić information content (AvgIpc) is 3.12. The summed E-state index contributed by atoms with van der Waals surface area (Å²) in [5.41, 5.74) is 1.77. The van der Waals surface area contributed by atoms with Crippen LogP contribution in [0.2, 0.25) is 5.02 Å². The lowest BCUT2D eigenvalue weighted by atomic mass is 10.2. The second-order valence-corrected chi connectivity index (χ2v) is 5.56. The van der Waals surface area contributed by atoms with Crippen LogP contribution in [0.15, 0.2) is 58.2 Å². The van der Waals surface area contributed by atoms with Crippen LogP contribution in [0.1, 0.15) is 11.6 Å². The summed E-state index contributed by atoms with van der Waals surface area (Å²) in [5, 5.41) is 10.9. The molecule has 25 heavy (non-hydrogen) atoms. The number of halogens is 1. The Hall–Kier alpha value is -2.93. The zero-order valence-electron chi connectivity index (χ0n) is 13.6. The molecule has 0 saturated heterocycles. The average molecular weight is 357 g/mol. The third kappa shape index (κ3) is 4.77. The molecule has 0 bridgehead atoms. The molecule has 128 valence electrons. The van der Waals surface area contributed by atoms with Crippen molar-refractivity contribution in [2.75, 3.05) is 7.05 Å². The Morgan fingerprint density at radius 1 is 1.12 bits per heavy atom. The number of rotatable bonds is 5. The maximum absolute atomic E-state index is 5.88. The summed E-state index contributed by atoms with van der Waals surface area (Å²) in [4.78, 5) is 12.8. The smallest absolute Gasteiger partial charge is 0.246 e. The molecule has 2 N–H and O–H groups in total. The van der Waals surface area contributed by atoms with E-state index in [9.17, 15) is 0 Å². The molecule has 8 heteroatoms. The maximum Gasteiger partial charge on any atom is 0.246 e.